The van der Waals surface area contributed by atoms with Crippen LogP contribution in [-0.4, -0.2) is 20.5 Å². The number of aromatic nitrogens is 1. The van der Waals surface area contributed by atoms with E-state index < -0.39 is 10.0 Å². The number of nitrogens with one attached hydrogen (secondary N) is 1. The van der Waals surface area contributed by atoms with E-state index in [1.54, 1.807) is 44.7 Å². The molecule has 0 saturated heterocycles. The molecule has 1 N–H and O–H groups in total. The molecule has 5 nitrogen and oxygen atoms in total. The fraction of sp³-hybridized carbons (Fsp3) is 0.235. The van der Waals surface area contributed by atoms with Gasteiger partial charge >= 0.3 is 0 Å². The monoisotopic (exact) mass is 362 g/mol. The van der Waals surface area contributed by atoms with Crippen molar-refractivity contribution in [2.45, 2.75) is 25.7 Å². The van der Waals surface area contributed by atoms with Crippen molar-refractivity contribution in [3.05, 3.63) is 46.5 Å². The lowest BCUT2D eigenvalue weighted by atomic mass is 10.1. The fourth-order valence-corrected chi connectivity index (χ4v) is 5.07. The average molecular weight is 362 g/mol. The Morgan fingerprint density at radius 2 is 1.88 bits per heavy atom. The van der Waals surface area contributed by atoms with Crippen LogP contribution in [0.2, 0.25) is 0 Å². The number of methoxy groups -OCH3 is 1. The molecule has 1 aromatic heterocycles. The van der Waals surface area contributed by atoms with Crippen molar-refractivity contribution in [3.63, 3.8) is 0 Å². The molecule has 3 aromatic rings. The molecule has 0 fully saturated rings. The number of hydrogen-bond donors (Lipinski definition) is 1. The smallest absolute Gasteiger partial charge is 0.262 e. The van der Waals surface area contributed by atoms with Crippen molar-refractivity contribution in [3.8, 4) is 5.75 Å². The number of nitrogens with zero attached hydrogens (tertiary/aromatic N) is 1. The van der Waals surface area contributed by atoms with Crippen LogP contribution in [0.1, 0.15) is 16.7 Å². The minimum atomic E-state index is -3.70. The van der Waals surface area contributed by atoms with E-state index in [1.165, 1.54) is 11.3 Å². The molecule has 7 heteroatoms. The van der Waals surface area contributed by atoms with Crippen LogP contribution < -0.4 is 9.46 Å². The Kier molecular flexibility index (Phi) is 4.23. The Morgan fingerprint density at radius 1 is 1.12 bits per heavy atom. The van der Waals surface area contributed by atoms with Gasteiger partial charge in [0.1, 0.15) is 5.75 Å². The topological polar surface area (TPSA) is 68.3 Å². The van der Waals surface area contributed by atoms with Crippen molar-refractivity contribution in [1.82, 2.24) is 4.98 Å². The highest BCUT2D eigenvalue weighted by Crippen LogP contribution is 2.32. The number of sulfonamides is 1. The zero-order valence-electron chi connectivity index (χ0n) is 13.9. The van der Waals surface area contributed by atoms with E-state index in [4.69, 9.17) is 4.74 Å². The molecule has 0 aliphatic heterocycles. The van der Waals surface area contributed by atoms with Crippen LogP contribution in [0.15, 0.2) is 34.7 Å². The predicted molar refractivity (Wildman–Crippen MR) is 97.6 cm³/mol. The van der Waals surface area contributed by atoms with Gasteiger partial charge < -0.3 is 4.74 Å². The number of ether oxygens (including phenoxy) is 1. The van der Waals surface area contributed by atoms with Gasteiger partial charge in [-0.05, 0) is 61.7 Å². The molecule has 1 heterocycles. The summed E-state index contributed by atoms with van der Waals surface area (Å²) < 4.78 is 34.7. The minimum absolute atomic E-state index is 0.296. The second-order valence-corrected chi connectivity index (χ2v) is 8.12. The lowest BCUT2D eigenvalue weighted by Crippen LogP contribution is -2.16. The van der Waals surface area contributed by atoms with Crippen molar-refractivity contribution in [2.75, 3.05) is 11.8 Å². The van der Waals surface area contributed by atoms with E-state index in [1.807, 2.05) is 13.0 Å². The first kappa shape index (κ1) is 16.7. The van der Waals surface area contributed by atoms with Crippen LogP contribution in [0.3, 0.4) is 0 Å². The SMILES string of the molecule is COc1cc(C)c(S(=O)(=O)Nc2ccc3ncsc3c2)c(C)c1C. The van der Waals surface area contributed by atoms with Gasteiger partial charge in [0.2, 0.25) is 0 Å². The maximum absolute atomic E-state index is 12.9. The molecule has 3 rings (SSSR count). The first-order valence-corrected chi connectivity index (χ1v) is 9.70. The first-order valence-electron chi connectivity index (χ1n) is 7.34. The van der Waals surface area contributed by atoms with Crippen molar-refractivity contribution in [1.29, 1.82) is 0 Å². The number of thiazole rings is 1. The molecule has 24 heavy (non-hydrogen) atoms. The Hall–Kier alpha value is -2.12. The van der Waals surface area contributed by atoms with Gasteiger partial charge in [0, 0.05) is 0 Å². The summed E-state index contributed by atoms with van der Waals surface area (Å²) in [6.45, 7) is 5.43. The summed E-state index contributed by atoms with van der Waals surface area (Å²) in [6, 6.07) is 7.08. The maximum atomic E-state index is 12.9. The summed E-state index contributed by atoms with van der Waals surface area (Å²) in [6.07, 6.45) is 0. The molecule has 0 bridgehead atoms. The number of anilines is 1. The summed E-state index contributed by atoms with van der Waals surface area (Å²) in [5, 5.41) is 0. The lowest BCUT2D eigenvalue weighted by Gasteiger charge is -2.17. The van der Waals surface area contributed by atoms with Crippen LogP contribution in [0.25, 0.3) is 10.2 Å². The van der Waals surface area contributed by atoms with Crippen LogP contribution in [0.5, 0.6) is 5.75 Å². The van der Waals surface area contributed by atoms with Gasteiger partial charge in [0.15, 0.2) is 0 Å². The van der Waals surface area contributed by atoms with E-state index in [0.29, 0.717) is 27.5 Å². The van der Waals surface area contributed by atoms with Gasteiger partial charge in [0.05, 0.1) is 33.4 Å². The van der Waals surface area contributed by atoms with E-state index in [0.717, 1.165) is 15.8 Å². The molecular weight excluding hydrogens is 344 g/mol. The highest BCUT2D eigenvalue weighted by molar-refractivity contribution is 7.92. The van der Waals surface area contributed by atoms with E-state index >= 15 is 0 Å². The van der Waals surface area contributed by atoms with E-state index in [9.17, 15) is 8.42 Å². The third kappa shape index (κ3) is 2.85. The minimum Gasteiger partial charge on any atom is -0.496 e. The molecular formula is C17H18N2O3S2. The summed E-state index contributed by atoms with van der Waals surface area (Å²) in [7, 11) is -2.11. The molecule has 0 aliphatic carbocycles. The third-order valence-corrected chi connectivity index (χ3v) is 6.51. The normalized spacial score (nSPS) is 11.7. The Labute approximate surface area is 145 Å². The van der Waals surface area contributed by atoms with Gasteiger partial charge in [0.25, 0.3) is 10.0 Å². The quantitative estimate of drug-likeness (QED) is 0.761. The summed E-state index contributed by atoms with van der Waals surface area (Å²) in [5.41, 5.74) is 5.29. The summed E-state index contributed by atoms with van der Waals surface area (Å²) in [4.78, 5) is 4.50. The van der Waals surface area contributed by atoms with Gasteiger partial charge in [-0.25, -0.2) is 13.4 Å². The van der Waals surface area contributed by atoms with Gasteiger partial charge in [-0.3, -0.25) is 4.72 Å². The zero-order chi connectivity index (χ0) is 17.5. The van der Waals surface area contributed by atoms with E-state index in [-0.39, 0.29) is 0 Å². The van der Waals surface area contributed by atoms with Crippen LogP contribution in [-0.2, 0) is 10.0 Å². The Balaban J connectivity index is 2.06. The van der Waals surface area contributed by atoms with Gasteiger partial charge in [-0.2, -0.15) is 0 Å². The average Bonchev–Trinajstić information content (AvgIpc) is 2.97. The molecule has 0 radical (unpaired) electrons. The number of fused-ring (bicyclic) bond motifs is 1. The molecule has 0 spiro atoms. The zero-order valence-corrected chi connectivity index (χ0v) is 15.5. The maximum Gasteiger partial charge on any atom is 0.262 e. The highest BCUT2D eigenvalue weighted by Gasteiger charge is 2.23. The number of benzene rings is 2. The van der Waals surface area contributed by atoms with Crippen molar-refractivity contribution >= 4 is 37.3 Å². The molecule has 0 saturated carbocycles. The standard InChI is InChI=1S/C17H18N2O3S2/c1-10-7-15(22-4)11(2)12(3)17(10)24(20,21)19-13-5-6-14-16(8-13)23-9-18-14/h5-9,19H,1-4H3. The molecule has 0 amide bonds. The fourth-order valence-electron chi connectivity index (χ4n) is 2.77. The lowest BCUT2D eigenvalue weighted by molar-refractivity contribution is 0.410. The molecule has 0 aliphatic rings. The Morgan fingerprint density at radius 3 is 2.58 bits per heavy atom. The first-order chi connectivity index (χ1) is 11.3. The molecule has 0 unspecified atom stereocenters. The van der Waals surface area contributed by atoms with Gasteiger partial charge in [-0.15, -0.1) is 11.3 Å². The van der Waals surface area contributed by atoms with Gasteiger partial charge in [-0.1, -0.05) is 0 Å². The van der Waals surface area contributed by atoms with E-state index in [2.05, 4.69) is 9.71 Å². The largest absolute Gasteiger partial charge is 0.496 e. The summed E-state index contributed by atoms with van der Waals surface area (Å²) in [5.74, 6) is 0.690. The van der Waals surface area contributed by atoms with Crippen molar-refractivity contribution in [2.24, 2.45) is 0 Å². The molecule has 126 valence electrons. The van der Waals surface area contributed by atoms with Crippen LogP contribution in [0, 0.1) is 20.8 Å². The summed E-state index contributed by atoms with van der Waals surface area (Å²) >= 11 is 1.47. The highest BCUT2D eigenvalue weighted by atomic mass is 32.2. The number of rotatable bonds is 4. The van der Waals surface area contributed by atoms with Crippen molar-refractivity contribution < 1.29 is 13.2 Å². The number of hydrogen-bond acceptors (Lipinski definition) is 5. The third-order valence-electron chi connectivity index (χ3n) is 4.05. The van der Waals surface area contributed by atoms with Crippen LogP contribution >= 0.6 is 11.3 Å². The molecule has 0 atom stereocenters. The Bertz CT molecular complexity index is 1020. The van der Waals surface area contributed by atoms with Crippen LogP contribution in [0.4, 0.5) is 5.69 Å². The number of aryl methyl sites for hydroxylation is 1. The second kappa shape index (κ2) is 6.07. The second-order valence-electron chi connectivity index (χ2n) is 5.62. The predicted octanol–water partition coefficient (Wildman–Crippen LogP) is 4.03. The molecule has 2 aromatic carbocycles.